The summed E-state index contributed by atoms with van der Waals surface area (Å²) in [5, 5.41) is 0.890. The Bertz CT molecular complexity index is 236. The molecule has 1 nitrogen and oxygen atoms in total. The molecule has 1 heterocycles. The lowest BCUT2D eigenvalue weighted by molar-refractivity contribution is 1.12. The number of alkyl halides is 1. The normalized spacial score (nSPS) is 9.00. The molecule has 0 saturated heterocycles. The summed E-state index contributed by atoms with van der Waals surface area (Å²) in [6.07, 6.45) is 1.90. The van der Waals surface area contributed by atoms with Crippen molar-refractivity contribution in [1.82, 2.24) is 4.98 Å². The molecule has 0 unspecified atom stereocenters. The monoisotopic (exact) mass is 279 g/mol. The topological polar surface area (TPSA) is 12.9 Å². The van der Waals surface area contributed by atoms with E-state index in [1.54, 1.807) is 0 Å². The van der Waals surface area contributed by atoms with Crippen molar-refractivity contribution in [3.05, 3.63) is 29.1 Å². The summed E-state index contributed by atoms with van der Waals surface area (Å²) >= 11 is 3.38. The largest absolute Gasteiger partial charge is 0.261 e. The Balaban J connectivity index is 0.000001000. The zero-order chi connectivity index (χ0) is 7.56. The van der Waals surface area contributed by atoms with Crippen LogP contribution in [-0.4, -0.2) is 4.98 Å². The first kappa shape index (κ1) is 11.1. The third-order valence-corrected chi connectivity index (χ3v) is 2.20. The summed E-state index contributed by atoms with van der Waals surface area (Å²) in [7, 11) is 0. The van der Waals surface area contributed by atoms with Crippen LogP contribution in [-0.2, 0) is 5.33 Å². The van der Waals surface area contributed by atoms with Crippen LogP contribution in [0.2, 0.25) is 0 Å². The van der Waals surface area contributed by atoms with E-state index in [0.29, 0.717) is 0 Å². The molecule has 1 aromatic heterocycles. The average Bonchev–Trinajstić information content (AvgIpc) is 1.95. The van der Waals surface area contributed by atoms with Crippen molar-refractivity contribution in [3.8, 4) is 0 Å². The molecular weight excluding hydrogens is 270 g/mol. The summed E-state index contributed by atoms with van der Waals surface area (Å²) in [5.74, 6) is 0. The first-order chi connectivity index (χ1) is 4.74. The van der Waals surface area contributed by atoms with Crippen LogP contribution in [0.1, 0.15) is 16.8 Å². The number of hydrogen-bond donors (Lipinski definition) is 0. The third kappa shape index (κ3) is 2.91. The van der Waals surface area contributed by atoms with E-state index in [0.717, 1.165) is 11.0 Å². The van der Waals surface area contributed by atoms with Crippen molar-refractivity contribution in [2.45, 2.75) is 19.2 Å². The van der Waals surface area contributed by atoms with Crippen molar-refractivity contribution >= 4 is 32.9 Å². The van der Waals surface area contributed by atoms with Crippen LogP contribution in [0, 0.1) is 13.8 Å². The van der Waals surface area contributed by atoms with Crippen LogP contribution < -0.4 is 0 Å². The third-order valence-electron chi connectivity index (χ3n) is 1.55. The molecule has 0 aliphatic heterocycles. The Morgan fingerprint density at radius 2 is 2.09 bits per heavy atom. The minimum Gasteiger partial charge on any atom is -0.261 e. The lowest BCUT2D eigenvalue weighted by Gasteiger charge is -1.99. The summed E-state index contributed by atoms with van der Waals surface area (Å²) in [6.45, 7) is 4.10. The van der Waals surface area contributed by atoms with Crippen LogP contribution in [0.3, 0.4) is 0 Å². The minimum atomic E-state index is 0. The van der Waals surface area contributed by atoms with Crippen molar-refractivity contribution < 1.29 is 0 Å². The van der Waals surface area contributed by atoms with Gasteiger partial charge < -0.3 is 0 Å². The Labute approximate surface area is 86.1 Å². The van der Waals surface area contributed by atoms with Gasteiger partial charge in [-0.05, 0) is 25.0 Å². The molecule has 0 fully saturated rings. The predicted octanol–water partition coefficient (Wildman–Crippen LogP) is 3.17. The number of aromatic nitrogens is 1. The standard InChI is InChI=1S/C8H10BrN.BrH/c1-6-3-8(4-9)5-10-7(6)2;/h3,5H,4H2,1-2H3;1H. The molecule has 0 aliphatic carbocycles. The van der Waals surface area contributed by atoms with Gasteiger partial charge in [0.1, 0.15) is 0 Å². The van der Waals surface area contributed by atoms with Crippen LogP contribution in [0.5, 0.6) is 0 Å². The SMILES string of the molecule is Br.Cc1cc(CBr)cnc1C. The summed E-state index contributed by atoms with van der Waals surface area (Å²) in [5.41, 5.74) is 3.62. The van der Waals surface area contributed by atoms with Gasteiger partial charge in [0, 0.05) is 17.2 Å². The maximum absolute atomic E-state index is 4.22. The molecule has 0 aromatic carbocycles. The molecule has 0 bridgehead atoms. The van der Waals surface area contributed by atoms with Gasteiger partial charge in [-0.2, -0.15) is 0 Å². The highest BCUT2D eigenvalue weighted by atomic mass is 79.9. The smallest absolute Gasteiger partial charge is 0.0401 e. The molecule has 11 heavy (non-hydrogen) atoms. The van der Waals surface area contributed by atoms with Gasteiger partial charge in [0.25, 0.3) is 0 Å². The summed E-state index contributed by atoms with van der Waals surface area (Å²) in [6, 6.07) is 2.15. The Morgan fingerprint density at radius 1 is 1.45 bits per heavy atom. The van der Waals surface area contributed by atoms with E-state index in [-0.39, 0.29) is 17.0 Å². The first-order valence-corrected chi connectivity index (χ1v) is 4.34. The second-order valence-corrected chi connectivity index (χ2v) is 2.94. The Morgan fingerprint density at radius 3 is 2.55 bits per heavy atom. The highest BCUT2D eigenvalue weighted by Gasteiger charge is 1.94. The second kappa shape index (κ2) is 4.88. The van der Waals surface area contributed by atoms with E-state index >= 15 is 0 Å². The molecule has 3 heteroatoms. The molecule has 0 aliphatic rings. The fourth-order valence-corrected chi connectivity index (χ4v) is 1.08. The quantitative estimate of drug-likeness (QED) is 0.720. The zero-order valence-corrected chi connectivity index (χ0v) is 9.89. The molecule has 0 saturated carbocycles. The Kier molecular flexibility index (Phi) is 4.93. The second-order valence-electron chi connectivity index (χ2n) is 2.38. The molecule has 1 aromatic rings. The maximum Gasteiger partial charge on any atom is 0.0401 e. The number of pyridine rings is 1. The highest BCUT2D eigenvalue weighted by Crippen LogP contribution is 2.08. The molecule has 1 rings (SSSR count). The number of nitrogens with zero attached hydrogens (tertiary/aromatic N) is 1. The lowest BCUT2D eigenvalue weighted by atomic mass is 10.2. The van der Waals surface area contributed by atoms with Crippen molar-refractivity contribution in [2.75, 3.05) is 0 Å². The van der Waals surface area contributed by atoms with Crippen molar-refractivity contribution in [1.29, 1.82) is 0 Å². The minimum absolute atomic E-state index is 0. The number of rotatable bonds is 1. The van der Waals surface area contributed by atoms with Gasteiger partial charge in [0.05, 0.1) is 0 Å². The highest BCUT2D eigenvalue weighted by molar-refractivity contribution is 9.08. The van der Waals surface area contributed by atoms with Crippen molar-refractivity contribution in [2.24, 2.45) is 0 Å². The molecule has 0 radical (unpaired) electrons. The van der Waals surface area contributed by atoms with Crippen LogP contribution >= 0.6 is 32.9 Å². The van der Waals surface area contributed by atoms with E-state index in [9.17, 15) is 0 Å². The number of aryl methyl sites for hydroxylation is 2. The molecular formula is C8H11Br2N. The molecule has 0 spiro atoms. The van der Waals surface area contributed by atoms with Gasteiger partial charge >= 0.3 is 0 Å². The molecule has 0 atom stereocenters. The molecule has 0 amide bonds. The van der Waals surface area contributed by atoms with Crippen LogP contribution in [0.4, 0.5) is 0 Å². The summed E-state index contributed by atoms with van der Waals surface area (Å²) < 4.78 is 0. The van der Waals surface area contributed by atoms with E-state index < -0.39 is 0 Å². The van der Waals surface area contributed by atoms with E-state index in [1.165, 1.54) is 11.1 Å². The number of halogens is 2. The Hall–Kier alpha value is 0.110. The fraction of sp³-hybridized carbons (Fsp3) is 0.375. The van der Waals surface area contributed by atoms with Crippen LogP contribution in [0.15, 0.2) is 12.3 Å². The van der Waals surface area contributed by atoms with Gasteiger partial charge in [-0.1, -0.05) is 22.0 Å². The molecule has 62 valence electrons. The fourth-order valence-electron chi connectivity index (χ4n) is 0.774. The van der Waals surface area contributed by atoms with E-state index in [1.807, 2.05) is 13.1 Å². The van der Waals surface area contributed by atoms with Crippen LogP contribution in [0.25, 0.3) is 0 Å². The van der Waals surface area contributed by atoms with Gasteiger partial charge in [-0.3, -0.25) is 4.98 Å². The molecule has 0 N–H and O–H groups in total. The first-order valence-electron chi connectivity index (χ1n) is 3.22. The van der Waals surface area contributed by atoms with E-state index in [2.05, 4.69) is 33.9 Å². The maximum atomic E-state index is 4.22. The number of hydrogen-bond acceptors (Lipinski definition) is 1. The average molecular weight is 281 g/mol. The van der Waals surface area contributed by atoms with Gasteiger partial charge in [0.2, 0.25) is 0 Å². The van der Waals surface area contributed by atoms with Gasteiger partial charge in [-0.15, -0.1) is 17.0 Å². The van der Waals surface area contributed by atoms with E-state index in [4.69, 9.17) is 0 Å². The predicted molar refractivity (Wildman–Crippen MR) is 56.7 cm³/mol. The van der Waals surface area contributed by atoms with Gasteiger partial charge in [0.15, 0.2) is 0 Å². The van der Waals surface area contributed by atoms with Gasteiger partial charge in [-0.25, -0.2) is 0 Å². The summed E-state index contributed by atoms with van der Waals surface area (Å²) in [4.78, 5) is 4.22. The van der Waals surface area contributed by atoms with Crippen molar-refractivity contribution in [3.63, 3.8) is 0 Å². The lowest BCUT2D eigenvalue weighted by Crippen LogP contribution is -1.88. The zero-order valence-electron chi connectivity index (χ0n) is 6.60.